The van der Waals surface area contributed by atoms with Crippen LogP contribution < -0.4 is 0 Å². The molecule has 2 nitrogen and oxygen atoms in total. The van der Waals surface area contributed by atoms with Crippen LogP contribution in [0.1, 0.15) is 101 Å². The van der Waals surface area contributed by atoms with E-state index >= 15 is 0 Å². The van der Waals surface area contributed by atoms with Gasteiger partial charge < -0.3 is 10.2 Å². The van der Waals surface area contributed by atoms with Crippen molar-refractivity contribution in [1.82, 2.24) is 0 Å². The third kappa shape index (κ3) is 4.74. The van der Waals surface area contributed by atoms with E-state index in [0.717, 1.165) is 28.7 Å². The predicted octanol–water partition coefficient (Wildman–Crippen LogP) is 7.80. The van der Waals surface area contributed by atoms with Crippen LogP contribution in [0.2, 0.25) is 0 Å². The maximum Gasteiger partial charge on any atom is 0.119 e. The minimum Gasteiger partial charge on any atom is -0.508 e. The summed E-state index contributed by atoms with van der Waals surface area (Å²) in [6.07, 6.45) is 3.16. The molecule has 0 spiro atoms. The van der Waals surface area contributed by atoms with Crippen LogP contribution >= 0.6 is 0 Å². The molecular weight excluding hydrogens is 368 g/mol. The second-order valence-electron chi connectivity index (χ2n) is 10.6. The maximum atomic E-state index is 10.7. The van der Waals surface area contributed by atoms with E-state index in [-0.39, 0.29) is 16.7 Å². The molecule has 0 aromatic heterocycles. The Bertz CT molecular complexity index is 881. The van der Waals surface area contributed by atoms with Gasteiger partial charge in [-0.15, -0.1) is 0 Å². The minimum atomic E-state index is -0.153. The summed E-state index contributed by atoms with van der Waals surface area (Å²) in [5.41, 5.74) is 7.59. The van der Waals surface area contributed by atoms with Gasteiger partial charge in [-0.3, -0.25) is 0 Å². The van der Waals surface area contributed by atoms with Gasteiger partial charge in [0.25, 0.3) is 0 Å². The van der Waals surface area contributed by atoms with E-state index in [4.69, 9.17) is 0 Å². The number of phenols is 2. The van der Waals surface area contributed by atoms with Gasteiger partial charge in [0.1, 0.15) is 11.5 Å². The van der Waals surface area contributed by atoms with E-state index in [2.05, 4.69) is 87.4 Å². The molecule has 0 aliphatic carbocycles. The van der Waals surface area contributed by atoms with Crippen molar-refractivity contribution in [2.75, 3.05) is 0 Å². The molecule has 0 aliphatic rings. The molecule has 0 saturated heterocycles. The highest BCUT2D eigenvalue weighted by atomic mass is 16.3. The van der Waals surface area contributed by atoms with Crippen LogP contribution in [-0.4, -0.2) is 10.2 Å². The Labute approximate surface area is 183 Å². The normalized spacial score (nSPS) is 13.2. The summed E-state index contributed by atoms with van der Waals surface area (Å²) < 4.78 is 0. The molecule has 2 aromatic rings. The summed E-state index contributed by atoms with van der Waals surface area (Å²) in [4.78, 5) is 0. The van der Waals surface area contributed by atoms with Gasteiger partial charge in [0, 0.05) is 5.92 Å². The fraction of sp³-hybridized carbons (Fsp3) is 0.500. The van der Waals surface area contributed by atoms with Crippen molar-refractivity contribution in [3.8, 4) is 11.5 Å². The zero-order valence-electron chi connectivity index (χ0n) is 20.6. The molecule has 2 heteroatoms. The quantitative estimate of drug-likeness (QED) is 0.507. The van der Waals surface area contributed by atoms with E-state index in [1.54, 1.807) is 0 Å². The van der Waals surface area contributed by atoms with E-state index in [0.29, 0.717) is 11.5 Å². The third-order valence-electron chi connectivity index (χ3n) is 6.16. The fourth-order valence-corrected chi connectivity index (χ4v) is 4.38. The number of aryl methyl sites for hydroxylation is 2. The van der Waals surface area contributed by atoms with Gasteiger partial charge in [-0.1, -0.05) is 72.2 Å². The fourth-order valence-electron chi connectivity index (χ4n) is 4.38. The molecule has 0 fully saturated rings. The van der Waals surface area contributed by atoms with Gasteiger partial charge in [0.15, 0.2) is 0 Å². The SMILES string of the molecule is CC=C(CC)C(c1cc(C(C)(C)C)c(O)cc1C)c1cc(C(C)(C)C)c(O)cc1C. The number of aromatic hydroxyl groups is 2. The highest BCUT2D eigenvalue weighted by Crippen LogP contribution is 2.44. The van der Waals surface area contributed by atoms with Crippen molar-refractivity contribution in [2.24, 2.45) is 0 Å². The largest absolute Gasteiger partial charge is 0.508 e. The highest BCUT2D eigenvalue weighted by Gasteiger charge is 2.28. The van der Waals surface area contributed by atoms with Crippen molar-refractivity contribution >= 4 is 0 Å². The Morgan fingerprint density at radius 3 is 1.43 bits per heavy atom. The zero-order valence-corrected chi connectivity index (χ0v) is 20.6. The molecule has 2 N–H and O–H groups in total. The van der Waals surface area contributed by atoms with Crippen LogP contribution in [-0.2, 0) is 10.8 Å². The van der Waals surface area contributed by atoms with Crippen LogP contribution in [0.3, 0.4) is 0 Å². The first-order valence-corrected chi connectivity index (χ1v) is 11.0. The van der Waals surface area contributed by atoms with Crippen molar-refractivity contribution in [1.29, 1.82) is 0 Å². The van der Waals surface area contributed by atoms with Gasteiger partial charge in [0.05, 0.1) is 0 Å². The van der Waals surface area contributed by atoms with Crippen LogP contribution in [0.25, 0.3) is 0 Å². The molecule has 0 aliphatic heterocycles. The summed E-state index contributed by atoms with van der Waals surface area (Å²) >= 11 is 0. The summed E-state index contributed by atoms with van der Waals surface area (Å²) in [6, 6.07) is 8.20. The molecule has 0 amide bonds. The topological polar surface area (TPSA) is 40.5 Å². The summed E-state index contributed by atoms with van der Waals surface area (Å²) in [6.45, 7) is 21.3. The number of hydrogen-bond acceptors (Lipinski definition) is 2. The molecule has 164 valence electrons. The summed E-state index contributed by atoms with van der Waals surface area (Å²) in [5, 5.41) is 21.3. The first-order chi connectivity index (χ1) is 13.7. The Hall–Kier alpha value is -2.22. The van der Waals surface area contributed by atoms with Gasteiger partial charge in [0.2, 0.25) is 0 Å². The van der Waals surface area contributed by atoms with Crippen LogP contribution in [0.15, 0.2) is 35.9 Å². The summed E-state index contributed by atoms with van der Waals surface area (Å²) in [5.74, 6) is 0.807. The van der Waals surface area contributed by atoms with E-state index in [1.165, 1.54) is 16.7 Å². The number of benzene rings is 2. The average molecular weight is 409 g/mol. The lowest BCUT2D eigenvalue weighted by Gasteiger charge is -2.30. The van der Waals surface area contributed by atoms with E-state index in [9.17, 15) is 10.2 Å². The van der Waals surface area contributed by atoms with Crippen molar-refractivity contribution in [2.45, 2.75) is 92.4 Å². The molecule has 0 heterocycles. The third-order valence-corrected chi connectivity index (χ3v) is 6.16. The van der Waals surface area contributed by atoms with Gasteiger partial charge in [-0.25, -0.2) is 0 Å². The van der Waals surface area contributed by atoms with Crippen LogP contribution in [0.4, 0.5) is 0 Å². The molecule has 2 aromatic carbocycles. The molecule has 0 saturated carbocycles. The smallest absolute Gasteiger partial charge is 0.119 e. The minimum absolute atomic E-state index is 0.0865. The molecule has 0 radical (unpaired) electrons. The second-order valence-corrected chi connectivity index (χ2v) is 10.6. The van der Waals surface area contributed by atoms with Crippen molar-refractivity contribution < 1.29 is 10.2 Å². The Morgan fingerprint density at radius 2 is 1.17 bits per heavy atom. The molecule has 0 unspecified atom stereocenters. The first kappa shape index (κ1) is 24.1. The van der Waals surface area contributed by atoms with Gasteiger partial charge >= 0.3 is 0 Å². The van der Waals surface area contributed by atoms with Crippen molar-refractivity contribution in [3.05, 3.63) is 69.3 Å². The Balaban J connectivity index is 2.90. The second kappa shape index (κ2) is 8.49. The molecule has 2 rings (SSSR count). The molecular formula is C28H40O2. The van der Waals surface area contributed by atoms with Crippen LogP contribution in [0.5, 0.6) is 11.5 Å². The number of rotatable bonds is 4. The lowest BCUT2D eigenvalue weighted by Crippen LogP contribution is -2.16. The van der Waals surface area contributed by atoms with Crippen molar-refractivity contribution in [3.63, 3.8) is 0 Å². The first-order valence-electron chi connectivity index (χ1n) is 11.0. The predicted molar refractivity (Wildman–Crippen MR) is 129 cm³/mol. The number of hydrogen-bond donors (Lipinski definition) is 2. The lowest BCUT2D eigenvalue weighted by molar-refractivity contribution is 0.445. The zero-order chi connectivity index (χ0) is 23.0. The average Bonchev–Trinajstić information content (AvgIpc) is 2.59. The monoisotopic (exact) mass is 408 g/mol. The van der Waals surface area contributed by atoms with Gasteiger partial charge in [-0.2, -0.15) is 0 Å². The van der Waals surface area contributed by atoms with Gasteiger partial charge in [-0.05, 0) is 83.5 Å². The van der Waals surface area contributed by atoms with Crippen LogP contribution in [0, 0.1) is 13.8 Å². The molecule has 0 bridgehead atoms. The Morgan fingerprint density at radius 1 is 0.800 bits per heavy atom. The number of phenolic OH excluding ortho intramolecular Hbond substituents is 2. The molecule has 30 heavy (non-hydrogen) atoms. The summed E-state index contributed by atoms with van der Waals surface area (Å²) in [7, 11) is 0. The Kier molecular flexibility index (Phi) is 6.81. The lowest BCUT2D eigenvalue weighted by atomic mass is 9.75. The molecule has 0 atom stereocenters. The number of allylic oxidation sites excluding steroid dienone is 2. The highest BCUT2D eigenvalue weighted by molar-refractivity contribution is 5.55. The van der Waals surface area contributed by atoms with E-state index in [1.807, 2.05) is 12.1 Å². The van der Waals surface area contributed by atoms with E-state index < -0.39 is 0 Å². The standard InChI is InChI=1S/C28H40O2/c1-11-19(12-2)26(20-15-22(27(5,6)7)24(29)13-17(20)3)21-16-23(28(8,9)10)25(30)14-18(21)4/h11,13-16,26,29-30H,12H2,1-10H3. The maximum absolute atomic E-state index is 10.7.